The molecule has 1 aromatic heterocycles. The Balaban J connectivity index is 1.79. The predicted molar refractivity (Wildman–Crippen MR) is 100 cm³/mol. The molecule has 1 aromatic carbocycles. The van der Waals surface area contributed by atoms with Gasteiger partial charge in [0.15, 0.2) is 0 Å². The number of benzene rings is 1. The second kappa shape index (κ2) is 7.46. The lowest BCUT2D eigenvalue weighted by Gasteiger charge is -2.13. The van der Waals surface area contributed by atoms with E-state index in [-0.39, 0.29) is 23.1 Å². The fourth-order valence-electron chi connectivity index (χ4n) is 3.18. The number of halogens is 3. The van der Waals surface area contributed by atoms with Gasteiger partial charge in [0.2, 0.25) is 0 Å². The minimum absolute atomic E-state index is 0.0529. The van der Waals surface area contributed by atoms with E-state index in [0.717, 1.165) is 12.1 Å². The quantitative estimate of drug-likeness (QED) is 0.605. The van der Waals surface area contributed by atoms with E-state index >= 15 is 0 Å². The lowest BCUT2D eigenvalue weighted by Crippen LogP contribution is -2.26. The molecule has 2 aromatic rings. The van der Waals surface area contributed by atoms with Crippen molar-refractivity contribution in [2.24, 2.45) is 16.6 Å². The van der Waals surface area contributed by atoms with Gasteiger partial charge in [-0.2, -0.15) is 4.99 Å². The molecule has 1 aliphatic carbocycles. The van der Waals surface area contributed by atoms with Gasteiger partial charge in [0.1, 0.15) is 23.3 Å². The molecule has 2 unspecified atom stereocenters. The van der Waals surface area contributed by atoms with Crippen molar-refractivity contribution in [2.75, 3.05) is 5.32 Å². The first kappa shape index (κ1) is 19.6. The van der Waals surface area contributed by atoms with Crippen molar-refractivity contribution < 1.29 is 18.0 Å². The van der Waals surface area contributed by atoms with Gasteiger partial charge in [0, 0.05) is 18.0 Å². The summed E-state index contributed by atoms with van der Waals surface area (Å²) < 4.78 is 40.8. The summed E-state index contributed by atoms with van der Waals surface area (Å²) in [6.45, 7) is 3.40. The Bertz CT molecular complexity index is 989. The Morgan fingerprint density at radius 2 is 2.04 bits per heavy atom. The zero-order valence-electron chi connectivity index (χ0n) is 15.3. The fourth-order valence-corrected chi connectivity index (χ4v) is 3.18. The van der Waals surface area contributed by atoms with Crippen LogP contribution in [0.3, 0.4) is 0 Å². The number of rotatable bonds is 5. The average molecular weight is 388 g/mol. The van der Waals surface area contributed by atoms with Gasteiger partial charge in [-0.25, -0.2) is 13.2 Å². The lowest BCUT2D eigenvalue weighted by molar-refractivity contribution is -0.120. The van der Waals surface area contributed by atoms with E-state index in [0.29, 0.717) is 12.1 Å². The molecule has 0 spiro atoms. The summed E-state index contributed by atoms with van der Waals surface area (Å²) in [5.74, 6) is -2.83. The van der Waals surface area contributed by atoms with Crippen molar-refractivity contribution in [2.45, 2.75) is 25.7 Å². The number of aromatic nitrogens is 1. The second-order valence-corrected chi connectivity index (χ2v) is 6.83. The van der Waals surface area contributed by atoms with Crippen LogP contribution >= 0.6 is 0 Å². The number of nitrogens with one attached hydrogen (secondary N) is 1. The fraction of sp³-hybridized carbons (Fsp3) is 0.250. The zero-order chi connectivity index (χ0) is 20.5. The number of nitrogens with two attached hydrogens (primary N) is 1. The normalized spacial score (nSPS) is 22.1. The summed E-state index contributed by atoms with van der Waals surface area (Å²) in [6, 6.07) is 5.80. The molecule has 8 heteroatoms. The van der Waals surface area contributed by atoms with Gasteiger partial charge in [0.25, 0.3) is 5.91 Å². The average Bonchev–Trinajstić information content (AvgIpc) is 3.30. The maximum atomic E-state index is 14.1. The number of carbonyl (C=O) groups excluding carboxylic acids is 1. The van der Waals surface area contributed by atoms with Gasteiger partial charge in [0.05, 0.1) is 16.8 Å². The molecule has 28 heavy (non-hydrogen) atoms. The third-order valence-corrected chi connectivity index (χ3v) is 4.73. The molecule has 0 aliphatic heterocycles. The SMILES string of the molecule is C/C(=C/C(N)=NC(=O)C1(c2ncccc2F)CC1C)Nc1ccc(F)cc1F. The minimum atomic E-state index is -1.12. The maximum absolute atomic E-state index is 14.1. The molecule has 5 nitrogen and oxygen atoms in total. The van der Waals surface area contributed by atoms with Gasteiger partial charge < -0.3 is 11.1 Å². The first-order chi connectivity index (χ1) is 13.2. The topological polar surface area (TPSA) is 80.4 Å². The van der Waals surface area contributed by atoms with Gasteiger partial charge in [-0.15, -0.1) is 0 Å². The summed E-state index contributed by atoms with van der Waals surface area (Å²) in [5, 5.41) is 2.72. The van der Waals surface area contributed by atoms with E-state index in [1.807, 2.05) is 6.92 Å². The largest absolute Gasteiger partial charge is 0.384 e. The number of aliphatic imine (C=N–C) groups is 1. The number of amides is 1. The Labute approximate surface area is 160 Å². The standard InChI is InChI=1S/C20H19F3N4O/c1-11-10-20(11,18-14(22)4-3-7-25-18)19(28)27-17(24)8-12(2)26-16-6-5-13(21)9-15(16)23/h3-9,11,26H,10H2,1-2H3,(H2,24,27,28)/b12-8-. The molecule has 1 amide bonds. The van der Waals surface area contributed by atoms with Crippen LogP contribution in [0.1, 0.15) is 26.0 Å². The van der Waals surface area contributed by atoms with E-state index in [2.05, 4.69) is 15.3 Å². The highest BCUT2D eigenvalue weighted by Gasteiger charge is 2.61. The van der Waals surface area contributed by atoms with Crippen LogP contribution in [0.5, 0.6) is 0 Å². The molecule has 1 fully saturated rings. The second-order valence-electron chi connectivity index (χ2n) is 6.83. The molecule has 1 aliphatic rings. The number of nitrogens with zero attached hydrogens (tertiary/aromatic N) is 2. The first-order valence-corrected chi connectivity index (χ1v) is 8.64. The van der Waals surface area contributed by atoms with Gasteiger partial charge in [-0.05, 0) is 49.6 Å². The summed E-state index contributed by atoms with van der Waals surface area (Å²) in [4.78, 5) is 20.6. The molecule has 3 N–H and O–H groups in total. The highest BCUT2D eigenvalue weighted by Crippen LogP contribution is 2.54. The van der Waals surface area contributed by atoms with Crippen LogP contribution in [0, 0.1) is 23.4 Å². The number of hydrogen-bond acceptors (Lipinski definition) is 3. The molecule has 0 bridgehead atoms. The Kier molecular flexibility index (Phi) is 5.22. The van der Waals surface area contributed by atoms with E-state index < -0.39 is 28.8 Å². The van der Waals surface area contributed by atoms with Crippen LogP contribution in [-0.4, -0.2) is 16.7 Å². The maximum Gasteiger partial charge on any atom is 0.260 e. The molecular weight excluding hydrogens is 369 g/mol. The molecule has 1 heterocycles. The van der Waals surface area contributed by atoms with Crippen molar-refractivity contribution in [3.8, 4) is 0 Å². The number of carbonyl (C=O) groups is 1. The van der Waals surface area contributed by atoms with Gasteiger partial charge in [-0.3, -0.25) is 9.78 Å². The van der Waals surface area contributed by atoms with Gasteiger partial charge in [-0.1, -0.05) is 6.92 Å². The van der Waals surface area contributed by atoms with Crippen LogP contribution in [-0.2, 0) is 10.2 Å². The number of anilines is 1. The first-order valence-electron chi connectivity index (χ1n) is 8.64. The molecule has 2 atom stereocenters. The monoisotopic (exact) mass is 388 g/mol. The minimum Gasteiger partial charge on any atom is -0.384 e. The lowest BCUT2D eigenvalue weighted by atomic mass is 9.97. The van der Waals surface area contributed by atoms with E-state index in [1.165, 1.54) is 30.5 Å². The molecule has 1 saturated carbocycles. The van der Waals surface area contributed by atoms with Crippen LogP contribution < -0.4 is 11.1 Å². The molecule has 0 saturated heterocycles. The van der Waals surface area contributed by atoms with E-state index in [4.69, 9.17) is 5.73 Å². The van der Waals surface area contributed by atoms with Crippen molar-refractivity contribution >= 4 is 17.4 Å². The summed E-state index contributed by atoms with van der Waals surface area (Å²) >= 11 is 0. The summed E-state index contributed by atoms with van der Waals surface area (Å²) in [6.07, 6.45) is 3.20. The molecule has 3 rings (SSSR count). The van der Waals surface area contributed by atoms with Crippen LogP contribution in [0.2, 0.25) is 0 Å². The van der Waals surface area contributed by atoms with Crippen molar-refractivity contribution in [1.29, 1.82) is 0 Å². The summed E-state index contributed by atoms with van der Waals surface area (Å²) in [5.41, 5.74) is 5.21. The number of allylic oxidation sites excluding steroid dienone is 1. The molecule has 0 radical (unpaired) electrons. The zero-order valence-corrected chi connectivity index (χ0v) is 15.3. The van der Waals surface area contributed by atoms with Crippen molar-refractivity contribution in [3.63, 3.8) is 0 Å². The number of amidine groups is 1. The van der Waals surface area contributed by atoms with Gasteiger partial charge >= 0.3 is 0 Å². The Hall–Kier alpha value is -3.16. The van der Waals surface area contributed by atoms with Crippen LogP contribution in [0.4, 0.5) is 18.9 Å². The molecular formula is C20H19F3N4O. The predicted octanol–water partition coefficient (Wildman–Crippen LogP) is 3.68. The van der Waals surface area contributed by atoms with Crippen LogP contribution in [0.15, 0.2) is 53.3 Å². The highest BCUT2D eigenvalue weighted by molar-refractivity contribution is 6.05. The van der Waals surface area contributed by atoms with E-state index in [1.54, 1.807) is 6.92 Å². The van der Waals surface area contributed by atoms with Crippen LogP contribution in [0.25, 0.3) is 0 Å². The van der Waals surface area contributed by atoms with Crippen molar-refractivity contribution in [3.05, 3.63) is 71.4 Å². The third-order valence-electron chi connectivity index (χ3n) is 4.73. The Morgan fingerprint density at radius 3 is 2.64 bits per heavy atom. The highest BCUT2D eigenvalue weighted by atomic mass is 19.1. The Morgan fingerprint density at radius 1 is 1.32 bits per heavy atom. The number of pyridine rings is 1. The summed E-state index contributed by atoms with van der Waals surface area (Å²) in [7, 11) is 0. The molecule has 146 valence electrons. The smallest absolute Gasteiger partial charge is 0.260 e. The third kappa shape index (κ3) is 3.76. The van der Waals surface area contributed by atoms with Crippen molar-refractivity contribution in [1.82, 2.24) is 4.98 Å². The number of hydrogen-bond donors (Lipinski definition) is 2. The van der Waals surface area contributed by atoms with E-state index in [9.17, 15) is 18.0 Å².